The summed E-state index contributed by atoms with van der Waals surface area (Å²) >= 11 is 0. The number of benzene rings is 3. The lowest BCUT2D eigenvalue weighted by Gasteiger charge is -2.38. The van der Waals surface area contributed by atoms with Gasteiger partial charge in [0.2, 0.25) is 0 Å². The van der Waals surface area contributed by atoms with Gasteiger partial charge in [-0.15, -0.1) is 0 Å². The van der Waals surface area contributed by atoms with Crippen LogP contribution in [0.2, 0.25) is 0 Å². The fourth-order valence-corrected chi connectivity index (χ4v) is 5.22. The molecule has 0 aromatic heterocycles. The lowest BCUT2D eigenvalue weighted by atomic mass is 10.0. The highest BCUT2D eigenvalue weighted by Crippen LogP contribution is 2.39. The van der Waals surface area contributed by atoms with Crippen molar-refractivity contribution in [1.82, 2.24) is 4.90 Å². The summed E-state index contributed by atoms with van der Waals surface area (Å²) in [5.74, 6) is 0.715. The van der Waals surface area contributed by atoms with Crippen LogP contribution >= 0.6 is 0 Å². The molecule has 0 amide bonds. The average Bonchev–Trinajstić information content (AvgIpc) is 3.27. The number of hydrogen-bond acceptors (Lipinski definition) is 4. The molecule has 3 aromatic rings. The maximum absolute atomic E-state index is 13.4. The lowest BCUT2D eigenvalue weighted by molar-refractivity contribution is 0.211. The minimum Gasteiger partial charge on any atom is -0.490 e. The van der Waals surface area contributed by atoms with Crippen LogP contribution in [0.5, 0.6) is 5.75 Å². The molecule has 0 aliphatic carbocycles. The van der Waals surface area contributed by atoms with Gasteiger partial charge < -0.3 is 19.4 Å². The molecule has 2 aliphatic heterocycles. The number of likely N-dealkylation sites (tertiary alicyclic amines) is 1. The molecule has 1 saturated heterocycles. The zero-order valence-corrected chi connectivity index (χ0v) is 20.3. The van der Waals surface area contributed by atoms with E-state index in [2.05, 4.69) is 57.7 Å². The van der Waals surface area contributed by atoms with Crippen molar-refractivity contribution in [3.63, 3.8) is 0 Å². The first kappa shape index (κ1) is 23.4. The molecule has 2 heterocycles. The third kappa shape index (κ3) is 5.68. The van der Waals surface area contributed by atoms with Crippen molar-refractivity contribution in [1.29, 1.82) is 0 Å². The lowest BCUT2D eigenvalue weighted by Crippen LogP contribution is -2.46. The van der Waals surface area contributed by atoms with Crippen molar-refractivity contribution < 1.29 is 9.13 Å². The summed E-state index contributed by atoms with van der Waals surface area (Å²) in [6.45, 7) is 9.26. The van der Waals surface area contributed by atoms with Crippen LogP contribution in [0.4, 0.5) is 15.8 Å². The van der Waals surface area contributed by atoms with Crippen LogP contribution in [0.1, 0.15) is 24.0 Å². The molecular formula is C30H34FN3O. The molecule has 5 rings (SSSR count). The molecule has 0 atom stereocenters. The van der Waals surface area contributed by atoms with E-state index in [1.165, 1.54) is 29.8 Å². The molecule has 2 aliphatic rings. The van der Waals surface area contributed by atoms with E-state index in [0.29, 0.717) is 12.6 Å². The molecule has 0 bridgehead atoms. The predicted molar refractivity (Wildman–Crippen MR) is 142 cm³/mol. The molecule has 0 N–H and O–H groups in total. The minimum absolute atomic E-state index is 0.182. The number of fused-ring (bicyclic) bond motifs is 1. The van der Waals surface area contributed by atoms with Crippen LogP contribution in [-0.4, -0.2) is 43.9 Å². The average molecular weight is 472 g/mol. The third-order valence-electron chi connectivity index (χ3n) is 7.15. The molecule has 182 valence electrons. The first-order valence-corrected chi connectivity index (χ1v) is 12.6. The normalized spacial score (nSPS) is 16.4. The van der Waals surface area contributed by atoms with Gasteiger partial charge in [-0.1, -0.05) is 49.1 Å². The first-order valence-electron chi connectivity index (χ1n) is 12.6. The number of anilines is 2. The van der Waals surface area contributed by atoms with E-state index in [1.807, 2.05) is 24.3 Å². The Morgan fingerprint density at radius 3 is 2.29 bits per heavy atom. The minimum atomic E-state index is -0.182. The highest BCUT2D eigenvalue weighted by Gasteiger charge is 2.32. The van der Waals surface area contributed by atoms with Gasteiger partial charge in [-0.2, -0.15) is 0 Å². The summed E-state index contributed by atoms with van der Waals surface area (Å²) < 4.78 is 18.9. The van der Waals surface area contributed by atoms with E-state index in [4.69, 9.17) is 4.74 Å². The van der Waals surface area contributed by atoms with Crippen LogP contribution < -0.4 is 14.5 Å². The molecule has 5 heteroatoms. The number of piperidine rings is 1. The van der Waals surface area contributed by atoms with Crippen LogP contribution in [0.3, 0.4) is 0 Å². The monoisotopic (exact) mass is 471 g/mol. The van der Waals surface area contributed by atoms with Gasteiger partial charge >= 0.3 is 0 Å². The molecule has 0 unspecified atom stereocenters. The summed E-state index contributed by atoms with van der Waals surface area (Å²) in [5, 5.41) is 0. The number of hydrogen-bond donors (Lipinski definition) is 0. The van der Waals surface area contributed by atoms with Crippen LogP contribution in [0, 0.1) is 5.82 Å². The Morgan fingerprint density at radius 2 is 1.57 bits per heavy atom. The Balaban J connectivity index is 1.15. The second-order valence-corrected chi connectivity index (χ2v) is 9.49. The van der Waals surface area contributed by atoms with Crippen LogP contribution in [0.15, 0.2) is 85.5 Å². The van der Waals surface area contributed by atoms with Crippen molar-refractivity contribution in [3.05, 3.63) is 102 Å². The standard InChI is InChI=1S/C30H34FN3O/c1-2-21-35-28-13-9-24(10-14-28)15-18-32-19-16-27(17-20-32)34-23-33(29-5-3-4-6-30(29)34)22-25-7-11-26(31)12-8-25/h2-14,27H,1,15-23H2. The van der Waals surface area contributed by atoms with Crippen molar-refractivity contribution in [3.8, 4) is 5.75 Å². The largest absolute Gasteiger partial charge is 0.490 e. The van der Waals surface area contributed by atoms with Crippen LogP contribution in [0.25, 0.3) is 0 Å². The van der Waals surface area contributed by atoms with Gasteiger partial charge in [0, 0.05) is 32.2 Å². The van der Waals surface area contributed by atoms with Gasteiger partial charge in [0.25, 0.3) is 0 Å². The molecule has 1 fully saturated rings. The summed E-state index contributed by atoms with van der Waals surface area (Å²) in [6, 6.07) is 24.6. The molecular weight excluding hydrogens is 437 g/mol. The van der Waals surface area contributed by atoms with Gasteiger partial charge in [-0.05, 0) is 66.8 Å². The highest BCUT2D eigenvalue weighted by atomic mass is 19.1. The number of nitrogens with zero attached hydrogens (tertiary/aromatic N) is 3. The Labute approximate surface area is 208 Å². The van der Waals surface area contributed by atoms with E-state index in [9.17, 15) is 4.39 Å². The topological polar surface area (TPSA) is 19.0 Å². The molecule has 35 heavy (non-hydrogen) atoms. The Bertz CT molecular complexity index is 1110. The molecule has 0 saturated carbocycles. The van der Waals surface area contributed by atoms with E-state index in [0.717, 1.165) is 50.6 Å². The number of rotatable bonds is 9. The van der Waals surface area contributed by atoms with Gasteiger partial charge in [0.1, 0.15) is 18.2 Å². The zero-order valence-electron chi connectivity index (χ0n) is 20.3. The summed E-state index contributed by atoms with van der Waals surface area (Å²) in [6.07, 6.45) is 5.17. The van der Waals surface area contributed by atoms with Crippen molar-refractivity contribution in [2.45, 2.75) is 31.8 Å². The van der Waals surface area contributed by atoms with Gasteiger partial charge in [0.15, 0.2) is 0 Å². The van der Waals surface area contributed by atoms with Gasteiger partial charge in [-0.3, -0.25) is 0 Å². The fraction of sp³-hybridized carbons (Fsp3) is 0.333. The number of ether oxygens (including phenoxy) is 1. The van der Waals surface area contributed by atoms with E-state index in [-0.39, 0.29) is 5.82 Å². The van der Waals surface area contributed by atoms with E-state index >= 15 is 0 Å². The number of para-hydroxylation sites is 2. The van der Waals surface area contributed by atoms with Gasteiger partial charge in [-0.25, -0.2) is 4.39 Å². The van der Waals surface area contributed by atoms with Crippen molar-refractivity contribution >= 4 is 11.4 Å². The van der Waals surface area contributed by atoms with Gasteiger partial charge in [0.05, 0.1) is 18.0 Å². The fourth-order valence-electron chi connectivity index (χ4n) is 5.22. The molecule has 4 nitrogen and oxygen atoms in total. The Morgan fingerprint density at radius 1 is 0.886 bits per heavy atom. The van der Waals surface area contributed by atoms with Crippen molar-refractivity contribution in [2.75, 3.05) is 42.7 Å². The summed E-state index contributed by atoms with van der Waals surface area (Å²) in [4.78, 5) is 7.59. The molecule has 0 radical (unpaired) electrons. The third-order valence-corrected chi connectivity index (χ3v) is 7.15. The van der Waals surface area contributed by atoms with E-state index < -0.39 is 0 Å². The summed E-state index contributed by atoms with van der Waals surface area (Å²) in [7, 11) is 0. The first-order chi connectivity index (χ1) is 17.2. The molecule has 3 aromatic carbocycles. The molecule has 0 spiro atoms. The second kappa shape index (κ2) is 11.0. The Hall–Kier alpha value is -3.31. The van der Waals surface area contributed by atoms with E-state index in [1.54, 1.807) is 18.2 Å². The summed E-state index contributed by atoms with van der Waals surface area (Å²) in [5.41, 5.74) is 5.09. The Kier molecular flexibility index (Phi) is 7.34. The zero-order chi connectivity index (χ0) is 24.0. The number of halogens is 1. The van der Waals surface area contributed by atoms with Crippen LogP contribution in [-0.2, 0) is 13.0 Å². The second-order valence-electron chi connectivity index (χ2n) is 9.49. The van der Waals surface area contributed by atoms with Crippen molar-refractivity contribution in [2.24, 2.45) is 0 Å². The smallest absolute Gasteiger partial charge is 0.123 e. The highest BCUT2D eigenvalue weighted by molar-refractivity contribution is 5.76. The predicted octanol–water partition coefficient (Wildman–Crippen LogP) is 5.88. The maximum atomic E-state index is 13.4. The maximum Gasteiger partial charge on any atom is 0.123 e. The quantitative estimate of drug-likeness (QED) is 0.363. The SMILES string of the molecule is C=CCOc1ccc(CCN2CCC(N3CN(Cc4ccc(F)cc4)c4ccccc43)CC2)cc1.